The topological polar surface area (TPSA) is 89.9 Å². The van der Waals surface area contributed by atoms with Gasteiger partial charge in [-0.15, -0.1) is 0 Å². The van der Waals surface area contributed by atoms with Crippen molar-refractivity contribution in [2.45, 2.75) is 25.8 Å². The molecule has 0 saturated heterocycles. The molecule has 20 heavy (non-hydrogen) atoms. The molecule has 2 amide bonds. The lowest BCUT2D eigenvalue weighted by atomic mass is 10.1. The fourth-order valence-electron chi connectivity index (χ4n) is 1.63. The molecular formula is C14H20N2O4. The van der Waals surface area contributed by atoms with Crippen LogP contribution in [0.25, 0.3) is 0 Å². The highest BCUT2D eigenvalue weighted by Crippen LogP contribution is 2.17. The van der Waals surface area contributed by atoms with Crippen LogP contribution in [-0.4, -0.2) is 46.8 Å². The van der Waals surface area contributed by atoms with Crippen molar-refractivity contribution >= 4 is 17.7 Å². The summed E-state index contributed by atoms with van der Waals surface area (Å²) in [5.74, 6) is -0.878. The first kappa shape index (κ1) is 16.0. The second-order valence-electron chi connectivity index (χ2n) is 4.62. The Kier molecular flexibility index (Phi) is 5.99. The summed E-state index contributed by atoms with van der Waals surface area (Å²) in [4.78, 5) is 24.0. The number of carboxylic acids is 1. The molecule has 1 atom stereocenters. The molecule has 0 aromatic heterocycles. The van der Waals surface area contributed by atoms with E-state index < -0.39 is 5.97 Å². The van der Waals surface area contributed by atoms with Crippen LogP contribution in [0.3, 0.4) is 0 Å². The zero-order chi connectivity index (χ0) is 15.1. The van der Waals surface area contributed by atoms with E-state index in [4.69, 9.17) is 10.2 Å². The fraction of sp³-hybridized carbons (Fsp3) is 0.429. The maximum Gasteiger partial charge on any atom is 0.321 e. The number of para-hydroxylation sites is 1. The summed E-state index contributed by atoms with van der Waals surface area (Å²) >= 11 is 0. The number of carbonyl (C=O) groups excluding carboxylic acids is 1. The van der Waals surface area contributed by atoms with Crippen molar-refractivity contribution in [1.82, 2.24) is 4.90 Å². The predicted octanol–water partition coefficient (Wildman–Crippen LogP) is 1.55. The van der Waals surface area contributed by atoms with Crippen LogP contribution in [-0.2, 0) is 11.2 Å². The number of benzene rings is 1. The summed E-state index contributed by atoms with van der Waals surface area (Å²) in [6, 6.07) is 6.46. The number of carboxylic acid groups (broad SMARTS) is 1. The van der Waals surface area contributed by atoms with Crippen LogP contribution in [0.5, 0.6) is 0 Å². The molecule has 6 nitrogen and oxygen atoms in total. The Bertz CT molecular complexity index is 476. The Morgan fingerprint density at radius 1 is 1.35 bits per heavy atom. The van der Waals surface area contributed by atoms with Crippen LogP contribution in [0.15, 0.2) is 24.3 Å². The molecule has 0 bridgehead atoms. The van der Waals surface area contributed by atoms with Crippen LogP contribution in [0.2, 0.25) is 0 Å². The normalized spacial score (nSPS) is 11.8. The van der Waals surface area contributed by atoms with Gasteiger partial charge in [-0.1, -0.05) is 18.2 Å². The van der Waals surface area contributed by atoms with Gasteiger partial charge < -0.3 is 20.4 Å². The highest BCUT2D eigenvalue weighted by atomic mass is 16.4. The van der Waals surface area contributed by atoms with Crippen LogP contribution >= 0.6 is 0 Å². The highest BCUT2D eigenvalue weighted by molar-refractivity contribution is 5.90. The van der Waals surface area contributed by atoms with Gasteiger partial charge in [-0.05, 0) is 25.0 Å². The number of urea groups is 1. The smallest absolute Gasteiger partial charge is 0.321 e. The van der Waals surface area contributed by atoms with Gasteiger partial charge in [0.1, 0.15) is 0 Å². The van der Waals surface area contributed by atoms with Gasteiger partial charge >= 0.3 is 12.0 Å². The first-order valence-corrected chi connectivity index (χ1v) is 6.40. The Balaban J connectivity index is 2.76. The summed E-state index contributed by atoms with van der Waals surface area (Å²) in [6.07, 6.45) is 0.362. The first-order chi connectivity index (χ1) is 9.45. The highest BCUT2D eigenvalue weighted by Gasteiger charge is 2.16. The number of aliphatic carboxylic acids is 1. The van der Waals surface area contributed by atoms with E-state index in [9.17, 15) is 9.59 Å². The van der Waals surface area contributed by atoms with E-state index in [2.05, 4.69) is 5.32 Å². The van der Waals surface area contributed by atoms with Gasteiger partial charge in [-0.25, -0.2) is 4.79 Å². The SMILES string of the molecule is CC(CO)N(C)C(=O)Nc1ccccc1CCC(=O)O. The molecule has 1 aromatic rings. The number of rotatable bonds is 6. The quantitative estimate of drug-likeness (QED) is 0.737. The predicted molar refractivity (Wildman–Crippen MR) is 75.7 cm³/mol. The molecule has 0 heterocycles. The maximum atomic E-state index is 12.0. The monoisotopic (exact) mass is 280 g/mol. The number of nitrogens with zero attached hydrogens (tertiary/aromatic N) is 1. The number of hydrogen-bond donors (Lipinski definition) is 3. The minimum absolute atomic E-state index is 0.00969. The second-order valence-corrected chi connectivity index (χ2v) is 4.62. The molecule has 0 aliphatic heterocycles. The molecule has 0 spiro atoms. The molecule has 0 saturated carbocycles. The van der Waals surface area contributed by atoms with Crippen molar-refractivity contribution in [3.8, 4) is 0 Å². The van der Waals surface area contributed by atoms with E-state index in [1.165, 1.54) is 4.90 Å². The number of hydrogen-bond acceptors (Lipinski definition) is 3. The fourth-order valence-corrected chi connectivity index (χ4v) is 1.63. The van der Waals surface area contributed by atoms with E-state index in [1.54, 1.807) is 38.2 Å². The third-order valence-electron chi connectivity index (χ3n) is 3.11. The number of amides is 2. The molecule has 1 rings (SSSR count). The molecule has 0 aliphatic rings. The molecule has 1 unspecified atom stereocenters. The zero-order valence-electron chi connectivity index (χ0n) is 11.7. The Morgan fingerprint density at radius 3 is 2.60 bits per heavy atom. The van der Waals surface area contributed by atoms with Gasteiger partial charge in [0.25, 0.3) is 0 Å². The van der Waals surface area contributed by atoms with E-state index in [-0.39, 0.29) is 25.1 Å². The maximum absolute atomic E-state index is 12.0. The lowest BCUT2D eigenvalue weighted by Gasteiger charge is -2.24. The molecule has 6 heteroatoms. The number of anilines is 1. The first-order valence-electron chi connectivity index (χ1n) is 6.40. The lowest BCUT2D eigenvalue weighted by Crippen LogP contribution is -2.40. The van der Waals surface area contributed by atoms with Crippen molar-refractivity contribution in [1.29, 1.82) is 0 Å². The van der Waals surface area contributed by atoms with E-state index in [0.717, 1.165) is 5.56 Å². The van der Waals surface area contributed by atoms with Gasteiger partial charge in [0.2, 0.25) is 0 Å². The number of nitrogens with one attached hydrogen (secondary N) is 1. The van der Waals surface area contributed by atoms with Gasteiger partial charge in [0.05, 0.1) is 12.6 Å². The summed E-state index contributed by atoms with van der Waals surface area (Å²) in [6.45, 7) is 1.61. The average molecular weight is 280 g/mol. The third kappa shape index (κ3) is 4.55. The van der Waals surface area contributed by atoms with Crippen LogP contribution in [0.1, 0.15) is 18.9 Å². The molecule has 0 fully saturated rings. The standard InChI is InChI=1S/C14H20N2O4/c1-10(9-17)16(2)14(20)15-12-6-4-3-5-11(12)7-8-13(18)19/h3-6,10,17H,7-9H2,1-2H3,(H,15,20)(H,18,19). The van der Waals surface area contributed by atoms with E-state index in [0.29, 0.717) is 12.1 Å². The number of aryl methyl sites for hydroxylation is 1. The average Bonchev–Trinajstić information content (AvgIpc) is 2.44. The molecule has 110 valence electrons. The van der Waals surface area contributed by atoms with Crippen molar-refractivity contribution in [3.63, 3.8) is 0 Å². The zero-order valence-corrected chi connectivity index (χ0v) is 11.7. The molecule has 0 aliphatic carbocycles. The number of carbonyl (C=O) groups is 2. The second kappa shape index (κ2) is 7.49. The minimum Gasteiger partial charge on any atom is -0.481 e. The summed E-state index contributed by atoms with van der Waals surface area (Å²) in [5, 5.41) is 20.5. The Morgan fingerprint density at radius 2 is 2.00 bits per heavy atom. The Labute approximate surface area is 118 Å². The molecule has 1 aromatic carbocycles. The summed E-state index contributed by atoms with van der Waals surface area (Å²) in [5.41, 5.74) is 1.36. The number of likely N-dealkylation sites (N-methyl/N-ethyl adjacent to an activating group) is 1. The third-order valence-corrected chi connectivity index (χ3v) is 3.11. The van der Waals surface area contributed by atoms with Gasteiger partial charge in [0.15, 0.2) is 0 Å². The van der Waals surface area contributed by atoms with Gasteiger partial charge in [0, 0.05) is 19.2 Å². The van der Waals surface area contributed by atoms with Crippen molar-refractivity contribution < 1.29 is 19.8 Å². The summed E-state index contributed by atoms with van der Waals surface area (Å²) < 4.78 is 0. The van der Waals surface area contributed by atoms with E-state index in [1.807, 2.05) is 0 Å². The van der Waals surface area contributed by atoms with Gasteiger partial charge in [-0.3, -0.25) is 4.79 Å². The molecule has 3 N–H and O–H groups in total. The van der Waals surface area contributed by atoms with Crippen LogP contribution in [0.4, 0.5) is 10.5 Å². The molecule has 0 radical (unpaired) electrons. The number of aliphatic hydroxyl groups excluding tert-OH is 1. The van der Waals surface area contributed by atoms with Crippen LogP contribution < -0.4 is 5.32 Å². The Hall–Kier alpha value is -2.08. The number of aliphatic hydroxyl groups is 1. The van der Waals surface area contributed by atoms with Crippen molar-refractivity contribution in [3.05, 3.63) is 29.8 Å². The van der Waals surface area contributed by atoms with Gasteiger partial charge in [-0.2, -0.15) is 0 Å². The largest absolute Gasteiger partial charge is 0.481 e. The lowest BCUT2D eigenvalue weighted by molar-refractivity contribution is -0.136. The minimum atomic E-state index is -0.878. The van der Waals surface area contributed by atoms with Crippen molar-refractivity contribution in [2.75, 3.05) is 19.0 Å². The summed E-state index contributed by atoms with van der Waals surface area (Å²) in [7, 11) is 1.59. The van der Waals surface area contributed by atoms with E-state index >= 15 is 0 Å². The molecular weight excluding hydrogens is 260 g/mol. The van der Waals surface area contributed by atoms with Crippen molar-refractivity contribution in [2.24, 2.45) is 0 Å². The van der Waals surface area contributed by atoms with Crippen LogP contribution in [0, 0.1) is 0 Å².